The third-order valence-corrected chi connectivity index (χ3v) is 5.23. The Hall–Kier alpha value is -1.30. The molecule has 3 nitrogen and oxygen atoms in total. The highest BCUT2D eigenvalue weighted by Gasteiger charge is 2.08. The van der Waals surface area contributed by atoms with Crippen LogP contribution in [0.4, 0.5) is 0 Å². The van der Waals surface area contributed by atoms with Crippen LogP contribution in [0.5, 0.6) is 0 Å². The molecule has 0 fully saturated rings. The second-order valence-electron chi connectivity index (χ2n) is 4.30. The van der Waals surface area contributed by atoms with Gasteiger partial charge in [-0.2, -0.15) is 0 Å². The van der Waals surface area contributed by atoms with E-state index in [1.54, 1.807) is 29.3 Å². The van der Waals surface area contributed by atoms with Gasteiger partial charge >= 0.3 is 0 Å². The lowest BCUT2D eigenvalue weighted by molar-refractivity contribution is 0.271. The number of rotatable bonds is 4. The zero-order chi connectivity index (χ0) is 13.2. The van der Waals surface area contributed by atoms with E-state index in [9.17, 15) is 0 Å². The third-order valence-electron chi connectivity index (χ3n) is 3.12. The Balaban J connectivity index is 1.80. The van der Waals surface area contributed by atoms with Crippen molar-refractivity contribution in [1.29, 1.82) is 0 Å². The van der Waals surface area contributed by atoms with E-state index in [1.807, 2.05) is 11.6 Å². The van der Waals surface area contributed by atoms with Crippen molar-refractivity contribution < 1.29 is 5.11 Å². The topological polar surface area (TPSA) is 38.0 Å². The van der Waals surface area contributed by atoms with Crippen LogP contribution in [0.2, 0.25) is 0 Å². The Morgan fingerprint density at radius 1 is 1.37 bits per heavy atom. The van der Waals surface area contributed by atoms with Crippen LogP contribution in [-0.2, 0) is 19.4 Å². The van der Waals surface area contributed by atoms with Gasteiger partial charge in [-0.3, -0.25) is 0 Å². The van der Waals surface area contributed by atoms with Gasteiger partial charge in [-0.05, 0) is 22.4 Å². The maximum absolute atomic E-state index is 9.16. The molecule has 2 aromatic heterocycles. The number of nitrogens with zero attached hydrogens (tertiary/aromatic N) is 2. The van der Waals surface area contributed by atoms with E-state index in [1.165, 1.54) is 15.6 Å². The van der Waals surface area contributed by atoms with Crippen LogP contribution >= 0.6 is 23.1 Å². The molecule has 19 heavy (non-hydrogen) atoms. The number of thiophene rings is 1. The maximum atomic E-state index is 9.16. The summed E-state index contributed by atoms with van der Waals surface area (Å²) < 4.78 is 3.27. The van der Waals surface area contributed by atoms with Crippen LogP contribution < -0.4 is 0 Å². The molecule has 0 spiro atoms. The van der Waals surface area contributed by atoms with Crippen molar-refractivity contribution in [2.24, 2.45) is 7.05 Å². The van der Waals surface area contributed by atoms with Crippen LogP contribution in [0, 0.1) is 0 Å². The highest BCUT2D eigenvalue weighted by atomic mass is 32.2. The van der Waals surface area contributed by atoms with Crippen molar-refractivity contribution in [3.63, 3.8) is 0 Å². The first-order chi connectivity index (χ1) is 9.29. The van der Waals surface area contributed by atoms with Crippen molar-refractivity contribution >= 4 is 33.2 Å². The summed E-state index contributed by atoms with van der Waals surface area (Å²) in [6.45, 7) is 0.0332. The average Bonchev–Trinajstić information content (AvgIpc) is 3.00. The zero-order valence-corrected chi connectivity index (χ0v) is 12.2. The van der Waals surface area contributed by atoms with Gasteiger partial charge in [-0.1, -0.05) is 30.0 Å². The lowest BCUT2D eigenvalue weighted by atomic mass is 10.2. The Morgan fingerprint density at radius 3 is 3.00 bits per heavy atom. The largest absolute Gasteiger partial charge is 0.390 e. The predicted octanol–water partition coefficient (Wildman–Crippen LogP) is 3.42. The predicted molar refractivity (Wildman–Crippen MR) is 80.5 cm³/mol. The molecule has 3 aromatic rings. The van der Waals surface area contributed by atoms with E-state index in [0.29, 0.717) is 0 Å². The summed E-state index contributed by atoms with van der Waals surface area (Å²) in [6.07, 6.45) is 1.73. The number of aromatic nitrogens is 2. The van der Waals surface area contributed by atoms with Gasteiger partial charge in [0.25, 0.3) is 0 Å². The van der Waals surface area contributed by atoms with Gasteiger partial charge in [-0.25, -0.2) is 4.98 Å². The van der Waals surface area contributed by atoms with Gasteiger partial charge < -0.3 is 9.67 Å². The summed E-state index contributed by atoms with van der Waals surface area (Å²) in [7, 11) is 1.94. The minimum Gasteiger partial charge on any atom is -0.390 e. The summed E-state index contributed by atoms with van der Waals surface area (Å²) in [5, 5.41) is 13.6. The number of aliphatic hydroxyl groups excluding tert-OH is 1. The minimum absolute atomic E-state index is 0.0332. The quantitative estimate of drug-likeness (QED) is 0.748. The first-order valence-corrected chi connectivity index (χ1v) is 7.85. The van der Waals surface area contributed by atoms with Gasteiger partial charge in [-0.15, -0.1) is 11.3 Å². The van der Waals surface area contributed by atoms with Crippen molar-refractivity contribution in [3.8, 4) is 0 Å². The molecule has 98 valence electrons. The Morgan fingerprint density at radius 2 is 2.21 bits per heavy atom. The molecule has 0 bridgehead atoms. The van der Waals surface area contributed by atoms with Crippen molar-refractivity contribution in [3.05, 3.63) is 47.1 Å². The van der Waals surface area contributed by atoms with Gasteiger partial charge in [0, 0.05) is 17.5 Å². The molecule has 0 atom stereocenters. The summed E-state index contributed by atoms with van der Waals surface area (Å²) in [5.74, 6) is 0.903. The molecule has 1 aromatic carbocycles. The molecule has 1 N–H and O–H groups in total. The fourth-order valence-corrected chi connectivity index (χ4v) is 4.02. The maximum Gasteiger partial charge on any atom is 0.168 e. The van der Waals surface area contributed by atoms with Crippen LogP contribution in [-0.4, -0.2) is 14.7 Å². The Labute approximate surface area is 119 Å². The third kappa shape index (κ3) is 2.41. The fourth-order valence-electron chi connectivity index (χ4n) is 1.99. The molecular formula is C14H14N2OS2. The number of aliphatic hydroxyl groups is 1. The molecule has 0 saturated heterocycles. The van der Waals surface area contributed by atoms with E-state index in [2.05, 4.69) is 34.6 Å². The molecular weight excluding hydrogens is 276 g/mol. The number of thioether (sulfide) groups is 1. The number of hydrogen-bond acceptors (Lipinski definition) is 4. The monoisotopic (exact) mass is 290 g/mol. The van der Waals surface area contributed by atoms with Gasteiger partial charge in [0.2, 0.25) is 0 Å². The Bertz CT molecular complexity index is 702. The van der Waals surface area contributed by atoms with E-state index in [-0.39, 0.29) is 6.61 Å². The molecule has 0 amide bonds. The van der Waals surface area contributed by atoms with Crippen LogP contribution in [0.3, 0.4) is 0 Å². The summed E-state index contributed by atoms with van der Waals surface area (Å²) in [5.41, 5.74) is 2.19. The van der Waals surface area contributed by atoms with Crippen molar-refractivity contribution in [2.75, 3.05) is 0 Å². The molecule has 0 saturated carbocycles. The lowest BCUT2D eigenvalue weighted by Crippen LogP contribution is -1.97. The van der Waals surface area contributed by atoms with Gasteiger partial charge in [0.1, 0.15) is 0 Å². The average molecular weight is 290 g/mol. The molecule has 3 rings (SSSR count). The second-order valence-corrected chi connectivity index (χ2v) is 6.15. The first kappa shape index (κ1) is 12.7. The van der Waals surface area contributed by atoms with Crippen LogP contribution in [0.15, 0.2) is 41.0 Å². The molecule has 0 radical (unpaired) electrons. The van der Waals surface area contributed by atoms with E-state index in [4.69, 9.17) is 5.11 Å². The standard InChI is InChI=1S/C14H14N2OS2/c1-16-11(7-17)6-15-14(16)19-9-10-8-18-13-5-3-2-4-12(10)13/h2-6,8,17H,7,9H2,1H3. The number of hydrogen-bond donors (Lipinski definition) is 1. The first-order valence-electron chi connectivity index (χ1n) is 5.99. The molecule has 2 heterocycles. The zero-order valence-electron chi connectivity index (χ0n) is 10.5. The normalized spacial score (nSPS) is 11.3. The molecule has 0 aliphatic carbocycles. The molecule has 0 aliphatic rings. The summed E-state index contributed by atoms with van der Waals surface area (Å²) in [4.78, 5) is 4.34. The van der Waals surface area contributed by atoms with Crippen molar-refractivity contribution in [1.82, 2.24) is 9.55 Å². The van der Waals surface area contributed by atoms with Crippen LogP contribution in [0.25, 0.3) is 10.1 Å². The number of imidazole rings is 1. The number of benzene rings is 1. The Kier molecular flexibility index (Phi) is 3.59. The van der Waals surface area contributed by atoms with Gasteiger partial charge in [0.05, 0.1) is 18.5 Å². The SMILES string of the molecule is Cn1c(CO)cnc1SCc1csc2ccccc12. The highest BCUT2D eigenvalue weighted by Crippen LogP contribution is 2.30. The fraction of sp³-hybridized carbons (Fsp3) is 0.214. The molecule has 5 heteroatoms. The highest BCUT2D eigenvalue weighted by molar-refractivity contribution is 7.98. The molecule has 0 aliphatic heterocycles. The van der Waals surface area contributed by atoms with E-state index in [0.717, 1.165) is 16.6 Å². The summed E-state index contributed by atoms with van der Waals surface area (Å²) >= 11 is 3.49. The van der Waals surface area contributed by atoms with E-state index >= 15 is 0 Å². The lowest BCUT2D eigenvalue weighted by Gasteiger charge is -2.03. The minimum atomic E-state index is 0.0332. The van der Waals surface area contributed by atoms with Crippen LogP contribution in [0.1, 0.15) is 11.3 Å². The van der Waals surface area contributed by atoms with Crippen molar-refractivity contribution in [2.45, 2.75) is 17.5 Å². The number of fused-ring (bicyclic) bond motifs is 1. The smallest absolute Gasteiger partial charge is 0.168 e. The van der Waals surface area contributed by atoms with Gasteiger partial charge in [0.15, 0.2) is 5.16 Å². The summed E-state index contributed by atoms with van der Waals surface area (Å²) in [6, 6.07) is 8.47. The second kappa shape index (κ2) is 5.36. The molecule has 0 unspecified atom stereocenters. The van der Waals surface area contributed by atoms with E-state index < -0.39 is 0 Å².